The molecule has 2 heterocycles. The molecule has 0 bridgehead atoms. The number of hydrogen-bond donors (Lipinski definition) is 4. The van der Waals surface area contributed by atoms with Gasteiger partial charge < -0.3 is 16.0 Å². The van der Waals surface area contributed by atoms with Crippen LogP contribution in [0.4, 0.5) is 36.3 Å². The second-order valence-corrected chi connectivity index (χ2v) is 8.74. The molecular weight excluding hydrogens is 461 g/mol. The van der Waals surface area contributed by atoms with E-state index in [1.165, 1.54) is 24.3 Å². The Hall–Kier alpha value is -3.71. The predicted octanol–water partition coefficient (Wildman–Crippen LogP) is 2.99. The van der Waals surface area contributed by atoms with Crippen molar-refractivity contribution < 1.29 is 26.4 Å². The molecule has 0 radical (unpaired) electrons. The minimum Gasteiger partial charge on any atom is -0.365 e. The summed E-state index contributed by atoms with van der Waals surface area (Å²) in [5.41, 5.74) is 1.03. The molecule has 1 amide bonds. The highest BCUT2D eigenvalue weighted by Gasteiger charge is 2.35. The van der Waals surface area contributed by atoms with Crippen molar-refractivity contribution in [2.75, 3.05) is 16.0 Å². The van der Waals surface area contributed by atoms with Crippen molar-refractivity contribution in [2.45, 2.75) is 24.0 Å². The molecule has 4 rings (SSSR count). The van der Waals surface area contributed by atoms with E-state index in [2.05, 4.69) is 25.9 Å². The van der Waals surface area contributed by atoms with Crippen molar-refractivity contribution in [3.05, 3.63) is 65.4 Å². The summed E-state index contributed by atoms with van der Waals surface area (Å²) in [5.74, 6) is -0.809. The van der Waals surface area contributed by atoms with Crippen molar-refractivity contribution in [3.63, 3.8) is 0 Å². The third-order valence-corrected chi connectivity index (χ3v) is 5.73. The standard InChI is InChI=1S/C20H17F3N6O3S/c21-20(22,23)14-10-26-19(28-16-6-2-5-15-13(16)8-17(30)27-15)29-18(14)25-9-11-3-1-4-12(7-11)33(24,31)32/h1-7,10H,8-9H2,(H,27,30)(H2,24,31,32)(H2,25,26,28,29). The molecule has 0 unspecified atom stereocenters. The van der Waals surface area contributed by atoms with Gasteiger partial charge in [0, 0.05) is 29.7 Å². The number of benzene rings is 2. The Morgan fingerprint density at radius 3 is 2.64 bits per heavy atom. The zero-order valence-electron chi connectivity index (χ0n) is 16.8. The number of alkyl halides is 3. The summed E-state index contributed by atoms with van der Waals surface area (Å²) >= 11 is 0. The van der Waals surface area contributed by atoms with E-state index in [-0.39, 0.29) is 29.7 Å². The lowest BCUT2D eigenvalue weighted by Gasteiger charge is -2.16. The van der Waals surface area contributed by atoms with Gasteiger partial charge in [-0.1, -0.05) is 18.2 Å². The molecule has 0 fully saturated rings. The molecule has 33 heavy (non-hydrogen) atoms. The molecule has 0 atom stereocenters. The molecule has 9 nitrogen and oxygen atoms in total. The van der Waals surface area contributed by atoms with Crippen LogP contribution in [0, 0.1) is 0 Å². The summed E-state index contributed by atoms with van der Waals surface area (Å²) in [4.78, 5) is 19.2. The lowest BCUT2D eigenvalue weighted by atomic mass is 10.1. The van der Waals surface area contributed by atoms with Crippen molar-refractivity contribution >= 4 is 39.1 Å². The minimum atomic E-state index is -4.73. The Balaban J connectivity index is 1.62. The van der Waals surface area contributed by atoms with Gasteiger partial charge in [0.05, 0.1) is 11.3 Å². The Bertz CT molecular complexity index is 1350. The predicted molar refractivity (Wildman–Crippen MR) is 114 cm³/mol. The molecule has 13 heteroatoms. The van der Waals surface area contributed by atoms with Crippen LogP contribution in [0.15, 0.2) is 53.6 Å². The van der Waals surface area contributed by atoms with Crippen LogP contribution in [0.1, 0.15) is 16.7 Å². The maximum absolute atomic E-state index is 13.5. The van der Waals surface area contributed by atoms with Crippen molar-refractivity contribution in [3.8, 4) is 0 Å². The van der Waals surface area contributed by atoms with Gasteiger partial charge in [0.25, 0.3) is 0 Å². The van der Waals surface area contributed by atoms with Crippen LogP contribution in [0.5, 0.6) is 0 Å². The van der Waals surface area contributed by atoms with Gasteiger partial charge in [0.1, 0.15) is 11.4 Å². The zero-order chi connectivity index (χ0) is 23.8. The number of halogens is 3. The molecule has 0 aliphatic carbocycles. The fourth-order valence-corrected chi connectivity index (χ4v) is 3.87. The van der Waals surface area contributed by atoms with E-state index in [0.29, 0.717) is 28.7 Å². The minimum absolute atomic E-state index is 0.114. The zero-order valence-corrected chi connectivity index (χ0v) is 17.6. The first-order chi connectivity index (χ1) is 15.5. The number of fused-ring (bicyclic) bond motifs is 1. The Morgan fingerprint density at radius 1 is 1.15 bits per heavy atom. The van der Waals surface area contributed by atoms with Crippen molar-refractivity contribution in [2.24, 2.45) is 5.14 Å². The smallest absolute Gasteiger partial charge is 0.365 e. The number of anilines is 4. The summed E-state index contributed by atoms with van der Waals surface area (Å²) in [6.45, 7) is -0.151. The summed E-state index contributed by atoms with van der Waals surface area (Å²) < 4.78 is 63.5. The highest BCUT2D eigenvalue weighted by Crippen LogP contribution is 2.35. The maximum atomic E-state index is 13.5. The van der Waals surface area contributed by atoms with Gasteiger partial charge in [-0.3, -0.25) is 4.79 Å². The van der Waals surface area contributed by atoms with Gasteiger partial charge in [-0.05, 0) is 29.8 Å². The summed E-state index contributed by atoms with van der Waals surface area (Å²) in [5, 5.41) is 13.2. The van der Waals surface area contributed by atoms with Crippen LogP contribution in [0.2, 0.25) is 0 Å². The maximum Gasteiger partial charge on any atom is 0.421 e. The topological polar surface area (TPSA) is 139 Å². The number of sulfonamides is 1. The number of nitrogens with zero attached hydrogens (tertiary/aromatic N) is 2. The molecule has 0 spiro atoms. The quantitative estimate of drug-likeness (QED) is 0.427. The Morgan fingerprint density at radius 2 is 1.91 bits per heavy atom. The average molecular weight is 478 g/mol. The number of carbonyl (C=O) groups is 1. The van der Waals surface area contributed by atoms with Crippen LogP contribution in [-0.4, -0.2) is 24.3 Å². The number of hydrogen-bond acceptors (Lipinski definition) is 7. The van der Waals surface area contributed by atoms with E-state index < -0.39 is 27.6 Å². The lowest BCUT2D eigenvalue weighted by Crippen LogP contribution is -2.15. The number of nitrogens with two attached hydrogens (primary N) is 1. The third kappa shape index (κ3) is 5.04. The summed E-state index contributed by atoms with van der Waals surface area (Å²) in [6, 6.07) is 10.5. The number of rotatable bonds is 6. The fourth-order valence-electron chi connectivity index (χ4n) is 3.29. The van der Waals surface area contributed by atoms with Crippen LogP contribution in [0.25, 0.3) is 0 Å². The van der Waals surface area contributed by atoms with E-state index in [9.17, 15) is 26.4 Å². The lowest BCUT2D eigenvalue weighted by molar-refractivity contribution is -0.137. The highest BCUT2D eigenvalue weighted by molar-refractivity contribution is 7.89. The second-order valence-electron chi connectivity index (χ2n) is 7.18. The van der Waals surface area contributed by atoms with Crippen molar-refractivity contribution in [1.82, 2.24) is 9.97 Å². The number of carbonyl (C=O) groups excluding carboxylic acids is 1. The molecule has 3 aromatic rings. The molecule has 1 aliphatic rings. The molecule has 2 aromatic carbocycles. The number of primary sulfonamides is 1. The van der Waals surface area contributed by atoms with Crippen LogP contribution in [-0.2, 0) is 34.0 Å². The first-order valence-corrected chi connectivity index (χ1v) is 11.0. The van der Waals surface area contributed by atoms with Gasteiger partial charge >= 0.3 is 6.18 Å². The normalized spacial score (nSPS) is 13.4. The monoisotopic (exact) mass is 478 g/mol. The second kappa shape index (κ2) is 8.33. The molecule has 1 aromatic heterocycles. The molecule has 172 valence electrons. The summed E-state index contributed by atoms with van der Waals surface area (Å²) in [6.07, 6.45) is -3.97. The van der Waals surface area contributed by atoms with E-state index in [1.54, 1.807) is 18.2 Å². The van der Waals surface area contributed by atoms with E-state index in [4.69, 9.17) is 5.14 Å². The average Bonchev–Trinajstić information content (AvgIpc) is 3.12. The van der Waals surface area contributed by atoms with Gasteiger partial charge in [0.15, 0.2) is 0 Å². The van der Waals surface area contributed by atoms with E-state index >= 15 is 0 Å². The first-order valence-electron chi connectivity index (χ1n) is 9.49. The third-order valence-electron chi connectivity index (χ3n) is 4.82. The number of amides is 1. The molecule has 0 saturated heterocycles. The number of aromatic nitrogens is 2. The molecule has 1 aliphatic heterocycles. The van der Waals surface area contributed by atoms with Crippen molar-refractivity contribution in [1.29, 1.82) is 0 Å². The largest absolute Gasteiger partial charge is 0.421 e. The SMILES string of the molecule is NS(=O)(=O)c1cccc(CNc2nc(Nc3cccc4c3CC(=O)N4)ncc2C(F)(F)F)c1. The van der Waals surface area contributed by atoms with Crippen LogP contribution < -0.4 is 21.1 Å². The molecular formula is C20H17F3N6O3S. The van der Waals surface area contributed by atoms with Gasteiger partial charge in [-0.2, -0.15) is 18.2 Å². The Kier molecular flexibility index (Phi) is 5.68. The van der Waals surface area contributed by atoms with Gasteiger partial charge in [-0.15, -0.1) is 0 Å². The Labute approximate surface area is 186 Å². The fraction of sp³-hybridized carbons (Fsp3) is 0.150. The summed E-state index contributed by atoms with van der Waals surface area (Å²) in [7, 11) is -3.96. The molecule has 0 saturated carbocycles. The first kappa shape index (κ1) is 22.5. The van der Waals surface area contributed by atoms with Crippen LogP contribution in [0.3, 0.4) is 0 Å². The van der Waals surface area contributed by atoms with Crippen LogP contribution >= 0.6 is 0 Å². The highest BCUT2D eigenvalue weighted by atomic mass is 32.2. The van der Waals surface area contributed by atoms with E-state index in [1.807, 2.05) is 0 Å². The van der Waals surface area contributed by atoms with Gasteiger partial charge in [-0.25, -0.2) is 18.5 Å². The molecule has 5 N–H and O–H groups in total. The van der Waals surface area contributed by atoms with Gasteiger partial charge in [0.2, 0.25) is 21.9 Å². The number of nitrogens with one attached hydrogen (secondary N) is 3. The van der Waals surface area contributed by atoms with E-state index in [0.717, 1.165) is 0 Å².